The summed E-state index contributed by atoms with van der Waals surface area (Å²) >= 11 is 0. The van der Waals surface area contributed by atoms with E-state index in [9.17, 15) is 9.59 Å². The Morgan fingerprint density at radius 2 is 1.39 bits per heavy atom. The van der Waals surface area contributed by atoms with Crippen molar-refractivity contribution in [3.05, 3.63) is 102 Å². The predicted octanol–water partition coefficient (Wildman–Crippen LogP) is 9.55. The number of ether oxygens (including phenoxy) is 2. The van der Waals surface area contributed by atoms with Crippen LogP contribution in [0.1, 0.15) is 121 Å². The summed E-state index contributed by atoms with van der Waals surface area (Å²) in [7, 11) is 0. The first-order valence-electron chi connectivity index (χ1n) is 17.7. The molecule has 2 atom stereocenters. The van der Waals surface area contributed by atoms with E-state index >= 15 is 0 Å². The number of esters is 2. The van der Waals surface area contributed by atoms with Crippen LogP contribution in [0.4, 0.5) is 0 Å². The molecule has 4 aliphatic carbocycles. The summed E-state index contributed by atoms with van der Waals surface area (Å²) in [4.78, 5) is 32.5. The van der Waals surface area contributed by atoms with Crippen LogP contribution in [-0.2, 0) is 24.7 Å². The summed E-state index contributed by atoms with van der Waals surface area (Å²) in [6.07, 6.45) is 12.7. The maximum atomic E-state index is 14.3. The number of rotatable bonds is 14. The summed E-state index contributed by atoms with van der Waals surface area (Å²) in [5.74, 6) is 2.06. The number of pyridine rings is 1. The van der Waals surface area contributed by atoms with Crippen LogP contribution in [0.25, 0.3) is 0 Å². The molecule has 1 heterocycles. The van der Waals surface area contributed by atoms with Gasteiger partial charge in [-0.2, -0.15) is 0 Å². The second-order valence-electron chi connectivity index (χ2n) is 15.0. The van der Waals surface area contributed by atoms with Gasteiger partial charge in [0.1, 0.15) is 5.60 Å². The number of benzene rings is 2. The molecule has 2 aromatic carbocycles. The van der Waals surface area contributed by atoms with Crippen molar-refractivity contribution in [1.29, 1.82) is 0 Å². The lowest BCUT2D eigenvalue weighted by Crippen LogP contribution is -2.54. The van der Waals surface area contributed by atoms with E-state index in [0.717, 1.165) is 48.9 Å². The molecule has 4 saturated carbocycles. The van der Waals surface area contributed by atoms with E-state index in [0.29, 0.717) is 37.0 Å². The number of aromatic nitrogens is 1. The highest BCUT2D eigenvalue weighted by Crippen LogP contribution is 2.57. The van der Waals surface area contributed by atoms with E-state index < -0.39 is 11.0 Å². The molecular formula is C41H51NO4. The molecular weight excluding hydrogens is 570 g/mol. The first-order chi connectivity index (χ1) is 22.2. The van der Waals surface area contributed by atoms with Crippen LogP contribution in [0, 0.1) is 23.2 Å². The Morgan fingerprint density at radius 3 is 1.91 bits per heavy atom. The van der Waals surface area contributed by atoms with Gasteiger partial charge < -0.3 is 9.47 Å². The van der Waals surface area contributed by atoms with Crippen molar-refractivity contribution >= 4 is 11.9 Å². The van der Waals surface area contributed by atoms with Crippen LogP contribution in [0.5, 0.6) is 0 Å². The van der Waals surface area contributed by atoms with Crippen LogP contribution in [0.15, 0.2) is 85.1 Å². The first-order valence-corrected chi connectivity index (χ1v) is 17.7. The molecule has 7 rings (SSSR count). The second kappa shape index (κ2) is 13.7. The van der Waals surface area contributed by atoms with Gasteiger partial charge in [-0.05, 0) is 125 Å². The molecule has 2 unspecified atom stereocenters. The van der Waals surface area contributed by atoms with Crippen molar-refractivity contribution in [3.63, 3.8) is 0 Å². The Balaban J connectivity index is 1.16. The quantitative estimate of drug-likeness (QED) is 0.168. The lowest BCUT2D eigenvalue weighted by atomic mass is 9.54. The summed E-state index contributed by atoms with van der Waals surface area (Å²) < 4.78 is 13.0. The fourth-order valence-electron chi connectivity index (χ4n) is 9.18. The minimum absolute atomic E-state index is 0.0721. The molecule has 0 N–H and O–H groups in total. The molecule has 0 aliphatic heterocycles. The van der Waals surface area contributed by atoms with Gasteiger partial charge in [0.15, 0.2) is 5.60 Å². The molecule has 5 heteroatoms. The molecule has 0 radical (unpaired) electrons. The average Bonchev–Trinajstić information content (AvgIpc) is 3.05. The molecule has 0 amide bonds. The van der Waals surface area contributed by atoms with Gasteiger partial charge in [0, 0.05) is 24.2 Å². The van der Waals surface area contributed by atoms with Gasteiger partial charge in [-0.1, -0.05) is 73.7 Å². The largest absolute Gasteiger partial charge is 0.459 e. The van der Waals surface area contributed by atoms with Crippen LogP contribution >= 0.6 is 0 Å². The predicted molar refractivity (Wildman–Crippen MR) is 181 cm³/mol. The van der Waals surface area contributed by atoms with Crippen molar-refractivity contribution in [2.75, 3.05) is 0 Å². The molecule has 4 fully saturated rings. The molecule has 4 bridgehead atoms. The highest BCUT2D eigenvalue weighted by atomic mass is 16.6. The van der Waals surface area contributed by atoms with E-state index in [1.165, 1.54) is 19.3 Å². The van der Waals surface area contributed by atoms with Gasteiger partial charge >= 0.3 is 11.9 Å². The molecule has 46 heavy (non-hydrogen) atoms. The first kappa shape index (κ1) is 32.5. The molecule has 244 valence electrons. The summed E-state index contributed by atoms with van der Waals surface area (Å²) in [6.45, 7) is 6.23. The zero-order valence-corrected chi connectivity index (χ0v) is 28.0. The zero-order valence-electron chi connectivity index (χ0n) is 28.0. The lowest BCUT2D eigenvalue weighted by Gasteiger charge is -2.56. The fraction of sp³-hybridized carbons (Fsp3) is 0.537. The zero-order chi connectivity index (χ0) is 32.2. The van der Waals surface area contributed by atoms with Gasteiger partial charge in [-0.3, -0.25) is 14.6 Å². The normalized spacial score (nSPS) is 25.4. The summed E-state index contributed by atoms with van der Waals surface area (Å²) in [6, 6.07) is 25.9. The van der Waals surface area contributed by atoms with Gasteiger partial charge in [-0.25, -0.2) is 0 Å². The van der Waals surface area contributed by atoms with Crippen molar-refractivity contribution in [2.24, 2.45) is 23.2 Å². The van der Waals surface area contributed by atoms with E-state index in [1.54, 1.807) is 0 Å². The molecule has 5 nitrogen and oxygen atoms in total. The lowest BCUT2D eigenvalue weighted by molar-refractivity contribution is -0.197. The van der Waals surface area contributed by atoms with Crippen LogP contribution in [0.2, 0.25) is 0 Å². The third kappa shape index (κ3) is 7.09. The van der Waals surface area contributed by atoms with Gasteiger partial charge in [0.2, 0.25) is 0 Å². The third-order valence-electron chi connectivity index (χ3n) is 11.5. The number of hydrogen-bond acceptors (Lipinski definition) is 5. The van der Waals surface area contributed by atoms with Crippen LogP contribution in [0.3, 0.4) is 0 Å². The second-order valence-corrected chi connectivity index (χ2v) is 15.0. The standard InChI is InChI=1S/C41H51NO4/c1-4-33(36-18-11-12-23-42-36)20-22-39(2,38(44)46-41-27-30-24-31(28-41)26-32(25-30)29-41)21-13-19-37(43)45-40(3,34-14-7-5-8-15-34)35-16-9-6-10-17-35/h5-12,14-18,23,30-33H,4,13,19-22,24-29H2,1-3H3. The number of carbonyl (C=O) groups excluding carboxylic acids is 2. The molecule has 4 aliphatic rings. The van der Waals surface area contributed by atoms with Gasteiger partial charge in [-0.15, -0.1) is 0 Å². The van der Waals surface area contributed by atoms with E-state index in [1.807, 2.05) is 85.9 Å². The summed E-state index contributed by atoms with van der Waals surface area (Å²) in [5.41, 5.74) is 1.05. The average molecular weight is 622 g/mol. The SMILES string of the molecule is CCC(CCC(C)(CCCC(=O)OC(C)(c1ccccc1)c1ccccc1)C(=O)OC12CC3CC(CC(C3)C1)C2)c1ccccn1. The Bertz CT molecular complexity index is 1380. The molecule has 1 aromatic heterocycles. The monoisotopic (exact) mass is 621 g/mol. The Kier molecular flexibility index (Phi) is 9.68. The van der Waals surface area contributed by atoms with Crippen molar-refractivity contribution in [1.82, 2.24) is 4.98 Å². The molecule has 0 saturated heterocycles. The smallest absolute Gasteiger partial charge is 0.312 e. The van der Waals surface area contributed by atoms with Crippen molar-refractivity contribution in [2.45, 2.75) is 115 Å². The van der Waals surface area contributed by atoms with Gasteiger partial charge in [0.25, 0.3) is 0 Å². The van der Waals surface area contributed by atoms with E-state index in [4.69, 9.17) is 9.47 Å². The Morgan fingerprint density at radius 1 is 0.826 bits per heavy atom. The van der Waals surface area contributed by atoms with Crippen LogP contribution in [-0.4, -0.2) is 22.5 Å². The van der Waals surface area contributed by atoms with E-state index in [-0.39, 0.29) is 29.9 Å². The maximum absolute atomic E-state index is 14.3. The Labute approximate surface area is 275 Å². The van der Waals surface area contributed by atoms with Crippen molar-refractivity contribution in [3.8, 4) is 0 Å². The third-order valence-corrected chi connectivity index (χ3v) is 11.5. The highest BCUT2D eigenvalue weighted by Gasteiger charge is 2.54. The number of carbonyl (C=O) groups is 2. The van der Waals surface area contributed by atoms with E-state index in [2.05, 4.69) is 24.9 Å². The maximum Gasteiger partial charge on any atom is 0.312 e. The minimum Gasteiger partial charge on any atom is -0.459 e. The van der Waals surface area contributed by atoms with Gasteiger partial charge in [0.05, 0.1) is 5.41 Å². The minimum atomic E-state index is -0.905. The highest BCUT2D eigenvalue weighted by molar-refractivity contribution is 5.77. The fourth-order valence-corrected chi connectivity index (χ4v) is 9.18. The molecule has 3 aromatic rings. The summed E-state index contributed by atoms with van der Waals surface area (Å²) in [5, 5.41) is 0. The van der Waals surface area contributed by atoms with Crippen molar-refractivity contribution < 1.29 is 19.1 Å². The Hall–Kier alpha value is -3.47. The topological polar surface area (TPSA) is 65.5 Å². The number of nitrogens with zero attached hydrogens (tertiary/aromatic N) is 1. The molecule has 0 spiro atoms. The van der Waals surface area contributed by atoms with Crippen LogP contribution < -0.4 is 0 Å². The number of hydrogen-bond donors (Lipinski definition) is 0.